The molecular weight excluding hydrogens is 438 g/mol. The van der Waals surface area contributed by atoms with Crippen LogP contribution in [0.5, 0.6) is 23.0 Å². The lowest BCUT2D eigenvalue weighted by Crippen LogP contribution is -2.29. The maximum atomic E-state index is 13.3. The Bertz CT molecular complexity index is 1310. The summed E-state index contributed by atoms with van der Waals surface area (Å²) < 4.78 is 10.6. The van der Waals surface area contributed by atoms with Crippen LogP contribution < -0.4 is 14.4 Å². The lowest BCUT2D eigenvalue weighted by molar-refractivity contribution is -0.132. The molecule has 1 fully saturated rings. The first-order valence-corrected chi connectivity index (χ1v) is 10.4. The maximum Gasteiger partial charge on any atom is 0.300 e. The van der Waals surface area contributed by atoms with Crippen LogP contribution in [0.4, 0.5) is 5.69 Å². The number of anilines is 1. The van der Waals surface area contributed by atoms with Gasteiger partial charge in [0.05, 0.1) is 37.1 Å². The summed E-state index contributed by atoms with van der Waals surface area (Å²) in [7, 11) is 2.89. The van der Waals surface area contributed by atoms with Crippen molar-refractivity contribution in [1.29, 1.82) is 0 Å². The number of methoxy groups -OCH3 is 2. The van der Waals surface area contributed by atoms with E-state index >= 15 is 0 Å². The van der Waals surface area contributed by atoms with Crippen molar-refractivity contribution in [3.63, 3.8) is 0 Å². The van der Waals surface area contributed by atoms with Crippen LogP contribution in [0.3, 0.4) is 0 Å². The van der Waals surface area contributed by atoms with Crippen LogP contribution in [-0.4, -0.2) is 41.2 Å². The topological polar surface area (TPSA) is 117 Å². The van der Waals surface area contributed by atoms with Crippen molar-refractivity contribution in [2.75, 3.05) is 19.1 Å². The number of ketones is 1. The number of ether oxygens (including phenoxy) is 2. The molecule has 3 aromatic carbocycles. The van der Waals surface area contributed by atoms with Crippen LogP contribution in [0.25, 0.3) is 5.76 Å². The van der Waals surface area contributed by atoms with Crippen molar-refractivity contribution in [3.8, 4) is 23.0 Å². The van der Waals surface area contributed by atoms with E-state index in [1.807, 2.05) is 0 Å². The van der Waals surface area contributed by atoms with E-state index in [9.17, 15) is 24.9 Å². The number of aromatic hydroxyl groups is 2. The molecule has 1 atom stereocenters. The number of rotatable bonds is 5. The number of aryl methyl sites for hydroxylation is 1. The standard InChI is InChI=1S/C26H23NO7/c1-14-4-11-20(29)19(12-14)27-23(15-5-7-16(28)8-6-15)22(25(31)26(27)32)24(30)18-10-9-17(33-2)13-21(18)34-3/h4-13,23,28-30H,1-3H3/b24-22-. The Morgan fingerprint density at radius 3 is 2.26 bits per heavy atom. The first kappa shape index (κ1) is 22.7. The van der Waals surface area contributed by atoms with E-state index < -0.39 is 23.5 Å². The van der Waals surface area contributed by atoms with Gasteiger partial charge in [-0.3, -0.25) is 14.5 Å². The fraction of sp³-hybridized carbons (Fsp3) is 0.154. The second-order valence-corrected chi connectivity index (χ2v) is 7.82. The van der Waals surface area contributed by atoms with Crippen molar-refractivity contribution in [2.24, 2.45) is 0 Å². The summed E-state index contributed by atoms with van der Waals surface area (Å²) in [6.45, 7) is 1.79. The first-order valence-electron chi connectivity index (χ1n) is 10.4. The second-order valence-electron chi connectivity index (χ2n) is 7.82. The van der Waals surface area contributed by atoms with E-state index in [-0.39, 0.29) is 34.1 Å². The van der Waals surface area contributed by atoms with Gasteiger partial charge in [-0.15, -0.1) is 0 Å². The lowest BCUT2D eigenvalue weighted by Gasteiger charge is -2.26. The molecule has 0 saturated carbocycles. The number of aliphatic hydroxyl groups excluding tert-OH is 1. The second kappa shape index (κ2) is 8.82. The molecule has 0 spiro atoms. The summed E-state index contributed by atoms with van der Waals surface area (Å²) in [5, 5.41) is 31.6. The Morgan fingerprint density at radius 1 is 0.912 bits per heavy atom. The van der Waals surface area contributed by atoms with Gasteiger partial charge in [0.1, 0.15) is 28.8 Å². The molecule has 4 rings (SSSR count). The van der Waals surface area contributed by atoms with E-state index in [4.69, 9.17) is 9.47 Å². The molecule has 3 aromatic rings. The van der Waals surface area contributed by atoms with Crippen LogP contribution in [0, 0.1) is 6.92 Å². The molecule has 0 aliphatic carbocycles. The Balaban J connectivity index is 1.99. The number of carbonyl (C=O) groups excluding carboxylic acids is 2. The smallest absolute Gasteiger partial charge is 0.300 e. The van der Waals surface area contributed by atoms with Crippen LogP contribution >= 0.6 is 0 Å². The summed E-state index contributed by atoms with van der Waals surface area (Å²) in [6.07, 6.45) is 0. The fourth-order valence-electron chi connectivity index (χ4n) is 4.02. The van der Waals surface area contributed by atoms with Gasteiger partial charge in [0.25, 0.3) is 11.7 Å². The first-order chi connectivity index (χ1) is 16.3. The number of benzene rings is 3. The van der Waals surface area contributed by atoms with E-state index in [2.05, 4.69) is 0 Å². The van der Waals surface area contributed by atoms with Crippen molar-refractivity contribution >= 4 is 23.1 Å². The molecule has 1 amide bonds. The summed E-state index contributed by atoms with van der Waals surface area (Å²) in [5.41, 5.74) is 1.35. The minimum Gasteiger partial charge on any atom is -0.508 e. The van der Waals surface area contributed by atoms with E-state index in [1.165, 1.54) is 38.5 Å². The monoisotopic (exact) mass is 461 g/mol. The highest BCUT2D eigenvalue weighted by Gasteiger charge is 2.48. The van der Waals surface area contributed by atoms with Gasteiger partial charge in [-0.1, -0.05) is 18.2 Å². The highest BCUT2D eigenvalue weighted by atomic mass is 16.5. The predicted molar refractivity (Wildman–Crippen MR) is 125 cm³/mol. The van der Waals surface area contributed by atoms with Crippen LogP contribution in [-0.2, 0) is 9.59 Å². The van der Waals surface area contributed by atoms with E-state index in [0.717, 1.165) is 10.5 Å². The zero-order valence-corrected chi connectivity index (χ0v) is 18.8. The largest absolute Gasteiger partial charge is 0.508 e. The summed E-state index contributed by atoms with van der Waals surface area (Å²) in [5.74, 6) is -1.75. The zero-order chi connectivity index (χ0) is 24.6. The van der Waals surface area contributed by atoms with Gasteiger partial charge >= 0.3 is 0 Å². The number of carbonyl (C=O) groups is 2. The Kier molecular flexibility index (Phi) is 5.89. The Hall–Kier alpha value is -4.46. The SMILES string of the molecule is COc1ccc(/C(O)=C2/C(=O)C(=O)N(c3cc(C)ccc3O)C2c2ccc(O)cc2)c(OC)c1. The quantitative estimate of drug-likeness (QED) is 0.298. The summed E-state index contributed by atoms with van der Waals surface area (Å²) in [4.78, 5) is 27.7. The van der Waals surface area contributed by atoms with Gasteiger partial charge in [0.15, 0.2) is 0 Å². The molecule has 8 nitrogen and oxygen atoms in total. The number of nitrogens with zero attached hydrogens (tertiary/aromatic N) is 1. The van der Waals surface area contributed by atoms with Gasteiger partial charge in [0.2, 0.25) is 0 Å². The molecule has 0 aromatic heterocycles. The van der Waals surface area contributed by atoms with Gasteiger partial charge < -0.3 is 24.8 Å². The van der Waals surface area contributed by atoms with E-state index in [1.54, 1.807) is 43.3 Å². The molecule has 1 saturated heterocycles. The molecule has 0 radical (unpaired) electrons. The molecule has 1 unspecified atom stereocenters. The Labute approximate surface area is 195 Å². The maximum absolute atomic E-state index is 13.3. The van der Waals surface area contributed by atoms with E-state index in [0.29, 0.717) is 11.3 Å². The van der Waals surface area contributed by atoms with Crippen molar-refractivity contribution in [2.45, 2.75) is 13.0 Å². The molecule has 8 heteroatoms. The highest BCUT2D eigenvalue weighted by molar-refractivity contribution is 6.52. The average molecular weight is 461 g/mol. The number of aliphatic hydroxyl groups is 1. The van der Waals surface area contributed by atoms with Gasteiger partial charge in [-0.25, -0.2) is 0 Å². The van der Waals surface area contributed by atoms with Gasteiger partial charge in [0, 0.05) is 6.07 Å². The number of phenols is 2. The molecule has 34 heavy (non-hydrogen) atoms. The van der Waals surface area contributed by atoms with Gasteiger partial charge in [-0.05, 0) is 54.4 Å². The fourth-order valence-corrected chi connectivity index (χ4v) is 4.02. The minimum absolute atomic E-state index is 0.00377. The molecule has 1 aliphatic rings. The van der Waals surface area contributed by atoms with Crippen LogP contribution in [0.1, 0.15) is 22.7 Å². The third-order valence-electron chi connectivity index (χ3n) is 5.71. The normalized spacial score (nSPS) is 17.1. The number of hydrogen-bond donors (Lipinski definition) is 3. The third-order valence-corrected chi connectivity index (χ3v) is 5.71. The number of Topliss-reactive ketones (excluding diaryl/α,β-unsaturated/α-hetero) is 1. The van der Waals surface area contributed by atoms with Crippen molar-refractivity contribution in [1.82, 2.24) is 0 Å². The third kappa shape index (κ3) is 3.79. The molecule has 1 aliphatic heterocycles. The van der Waals surface area contributed by atoms with Crippen molar-refractivity contribution < 1.29 is 34.4 Å². The molecular formula is C26H23NO7. The van der Waals surface area contributed by atoms with Crippen LogP contribution in [0.15, 0.2) is 66.2 Å². The predicted octanol–water partition coefficient (Wildman–Crippen LogP) is 4.05. The number of hydrogen-bond acceptors (Lipinski definition) is 7. The molecule has 0 bridgehead atoms. The minimum atomic E-state index is -1.07. The van der Waals surface area contributed by atoms with Gasteiger partial charge in [-0.2, -0.15) is 0 Å². The zero-order valence-electron chi connectivity index (χ0n) is 18.8. The highest BCUT2D eigenvalue weighted by Crippen LogP contribution is 2.46. The van der Waals surface area contributed by atoms with Crippen LogP contribution in [0.2, 0.25) is 0 Å². The molecule has 3 N–H and O–H groups in total. The summed E-state index contributed by atoms with van der Waals surface area (Å²) >= 11 is 0. The molecule has 174 valence electrons. The Morgan fingerprint density at radius 2 is 1.62 bits per heavy atom. The average Bonchev–Trinajstić information content (AvgIpc) is 3.10. The van der Waals surface area contributed by atoms with Crippen molar-refractivity contribution in [3.05, 3.63) is 82.9 Å². The molecule has 1 heterocycles. The number of phenolic OH excluding ortho intramolecular Hbond substituents is 2. The lowest BCUT2D eigenvalue weighted by atomic mass is 9.94. The summed E-state index contributed by atoms with van der Waals surface area (Å²) in [6, 6.07) is 14.2. The number of amides is 1.